The molecule has 0 spiro atoms. The fourth-order valence-electron chi connectivity index (χ4n) is 1.82. The van der Waals surface area contributed by atoms with E-state index in [1.807, 2.05) is 0 Å². The van der Waals surface area contributed by atoms with Crippen molar-refractivity contribution in [2.75, 3.05) is 11.5 Å². The zero-order valence-corrected chi connectivity index (χ0v) is 11.2. The van der Waals surface area contributed by atoms with Crippen LogP contribution in [0, 0.1) is 0 Å². The van der Waals surface area contributed by atoms with Gasteiger partial charge in [-0.05, 0) is 12.1 Å². The van der Waals surface area contributed by atoms with Crippen molar-refractivity contribution >= 4 is 26.8 Å². The van der Waals surface area contributed by atoms with Gasteiger partial charge in [-0.1, -0.05) is 13.0 Å². The normalized spacial score (nSPS) is 11.8. The maximum Gasteiger partial charge on any atom is 0.337 e. The van der Waals surface area contributed by atoms with Crippen molar-refractivity contribution in [2.45, 2.75) is 13.5 Å². The fourth-order valence-corrected chi connectivity index (χ4v) is 2.58. The van der Waals surface area contributed by atoms with E-state index in [0.29, 0.717) is 11.0 Å². The zero-order valence-electron chi connectivity index (χ0n) is 10.4. The number of carboxylic acid groups (broad SMARTS) is 1. The fraction of sp³-hybridized carbons (Fsp3) is 0.333. The van der Waals surface area contributed by atoms with E-state index in [0.717, 1.165) is 0 Å². The predicted molar refractivity (Wildman–Crippen MR) is 71.0 cm³/mol. The number of para-hydroxylation sites is 1. The molecule has 0 fully saturated rings. The minimum Gasteiger partial charge on any atom is -0.478 e. The van der Waals surface area contributed by atoms with Gasteiger partial charge >= 0.3 is 5.97 Å². The van der Waals surface area contributed by atoms with Crippen LogP contribution in [0.2, 0.25) is 0 Å². The summed E-state index contributed by atoms with van der Waals surface area (Å²) >= 11 is 0. The van der Waals surface area contributed by atoms with Gasteiger partial charge in [-0.25, -0.2) is 18.2 Å². The van der Waals surface area contributed by atoms with Gasteiger partial charge in [-0.2, -0.15) is 0 Å². The van der Waals surface area contributed by atoms with Crippen LogP contribution in [0.1, 0.15) is 17.3 Å². The molecule has 1 aromatic carbocycles. The van der Waals surface area contributed by atoms with E-state index in [2.05, 4.69) is 4.98 Å². The molecule has 0 aliphatic carbocycles. The highest BCUT2D eigenvalue weighted by Crippen LogP contribution is 2.17. The van der Waals surface area contributed by atoms with E-state index in [-0.39, 0.29) is 23.6 Å². The molecular weight excluding hydrogens is 268 g/mol. The van der Waals surface area contributed by atoms with Gasteiger partial charge in [0.1, 0.15) is 5.52 Å². The second-order valence-corrected chi connectivity index (χ2v) is 6.63. The third-order valence-electron chi connectivity index (χ3n) is 2.96. The van der Waals surface area contributed by atoms with Crippen LogP contribution in [0.5, 0.6) is 0 Å². The molecule has 2 aromatic rings. The Hall–Kier alpha value is -1.89. The summed E-state index contributed by atoms with van der Waals surface area (Å²) < 4.78 is 24.6. The second-order valence-electron chi connectivity index (χ2n) is 4.15. The Morgan fingerprint density at radius 3 is 2.79 bits per heavy atom. The summed E-state index contributed by atoms with van der Waals surface area (Å²) in [6, 6.07) is 4.83. The first-order chi connectivity index (χ1) is 8.94. The number of carboxylic acids is 1. The number of fused-ring (bicyclic) bond motifs is 1. The molecule has 1 N–H and O–H groups in total. The summed E-state index contributed by atoms with van der Waals surface area (Å²) in [5.41, 5.74) is 1.13. The van der Waals surface area contributed by atoms with Crippen LogP contribution >= 0.6 is 0 Å². The van der Waals surface area contributed by atoms with Gasteiger partial charge in [-0.3, -0.25) is 0 Å². The molecule has 0 saturated carbocycles. The topological polar surface area (TPSA) is 89.3 Å². The summed E-state index contributed by atoms with van der Waals surface area (Å²) in [7, 11) is -3.06. The average molecular weight is 282 g/mol. The number of aryl methyl sites for hydroxylation is 1. The summed E-state index contributed by atoms with van der Waals surface area (Å²) in [6.07, 6.45) is 1.47. The van der Waals surface area contributed by atoms with Crippen LogP contribution in [-0.2, 0) is 16.4 Å². The Morgan fingerprint density at radius 2 is 2.16 bits per heavy atom. The number of sulfone groups is 1. The molecule has 0 unspecified atom stereocenters. The van der Waals surface area contributed by atoms with Crippen LogP contribution in [-0.4, -0.2) is 40.6 Å². The number of benzene rings is 1. The molecule has 7 heteroatoms. The van der Waals surface area contributed by atoms with Gasteiger partial charge < -0.3 is 9.67 Å². The lowest BCUT2D eigenvalue weighted by Gasteiger charge is -2.04. The van der Waals surface area contributed by atoms with Crippen molar-refractivity contribution in [1.82, 2.24) is 9.55 Å². The lowest BCUT2D eigenvalue weighted by molar-refractivity contribution is 0.0699. The predicted octanol–water partition coefficient (Wildman–Crippen LogP) is 1.17. The number of imidazole rings is 1. The van der Waals surface area contributed by atoms with E-state index < -0.39 is 15.8 Å². The molecule has 1 aromatic heterocycles. The van der Waals surface area contributed by atoms with Gasteiger partial charge in [0.2, 0.25) is 0 Å². The number of carbonyl (C=O) groups is 1. The standard InChI is InChI=1S/C12H14N2O4S/c1-2-19(17,18)7-6-14-8-13-11-9(12(15)16)4-3-5-10(11)14/h3-5,8H,2,6-7H2,1H3,(H,15,16). The van der Waals surface area contributed by atoms with Gasteiger partial charge in [-0.15, -0.1) is 0 Å². The number of rotatable bonds is 5. The number of aromatic nitrogens is 2. The largest absolute Gasteiger partial charge is 0.478 e. The monoisotopic (exact) mass is 282 g/mol. The SMILES string of the molecule is CCS(=O)(=O)CCn1cnc2c(C(=O)O)cccc21. The van der Waals surface area contributed by atoms with Gasteiger partial charge in [0.05, 0.1) is 23.2 Å². The van der Waals surface area contributed by atoms with Crippen molar-refractivity contribution < 1.29 is 18.3 Å². The Labute approximate surface area is 110 Å². The molecule has 2 rings (SSSR count). The molecule has 0 aliphatic heterocycles. The highest BCUT2D eigenvalue weighted by molar-refractivity contribution is 7.91. The highest BCUT2D eigenvalue weighted by atomic mass is 32.2. The molecule has 1 heterocycles. The quantitative estimate of drug-likeness (QED) is 0.889. The third-order valence-corrected chi connectivity index (χ3v) is 4.65. The van der Waals surface area contributed by atoms with E-state index >= 15 is 0 Å². The molecule has 19 heavy (non-hydrogen) atoms. The maximum atomic E-state index is 11.5. The number of nitrogens with zero attached hydrogens (tertiary/aromatic N) is 2. The Kier molecular flexibility index (Phi) is 3.57. The highest BCUT2D eigenvalue weighted by Gasteiger charge is 2.14. The maximum absolute atomic E-state index is 11.5. The summed E-state index contributed by atoms with van der Waals surface area (Å²) in [4.78, 5) is 15.1. The van der Waals surface area contributed by atoms with Crippen molar-refractivity contribution in [2.24, 2.45) is 0 Å². The number of aromatic carboxylic acids is 1. The lowest BCUT2D eigenvalue weighted by atomic mass is 10.2. The third kappa shape index (κ3) is 2.76. The minimum absolute atomic E-state index is 0.0201. The van der Waals surface area contributed by atoms with Crippen LogP contribution < -0.4 is 0 Å². The number of hydrogen-bond donors (Lipinski definition) is 1. The molecule has 0 radical (unpaired) electrons. The van der Waals surface area contributed by atoms with E-state index in [9.17, 15) is 13.2 Å². The first-order valence-corrected chi connectivity index (χ1v) is 7.64. The van der Waals surface area contributed by atoms with E-state index in [1.165, 1.54) is 12.4 Å². The molecule has 0 atom stereocenters. The molecule has 0 saturated heterocycles. The summed E-state index contributed by atoms with van der Waals surface area (Å²) in [5.74, 6) is -0.927. The van der Waals surface area contributed by atoms with Gasteiger partial charge in [0.25, 0.3) is 0 Å². The average Bonchev–Trinajstić information content (AvgIpc) is 2.79. The van der Waals surface area contributed by atoms with Crippen LogP contribution in [0.4, 0.5) is 0 Å². The molecule has 0 bridgehead atoms. The first kappa shape index (κ1) is 13.5. The van der Waals surface area contributed by atoms with Gasteiger partial charge in [0.15, 0.2) is 9.84 Å². The summed E-state index contributed by atoms with van der Waals surface area (Å²) in [5, 5.41) is 9.04. The van der Waals surface area contributed by atoms with Crippen LogP contribution in [0.25, 0.3) is 11.0 Å². The van der Waals surface area contributed by atoms with E-state index in [4.69, 9.17) is 5.11 Å². The van der Waals surface area contributed by atoms with Crippen molar-refractivity contribution in [3.05, 3.63) is 30.1 Å². The van der Waals surface area contributed by atoms with Crippen molar-refractivity contribution in [3.8, 4) is 0 Å². The Bertz CT molecular complexity index is 718. The Morgan fingerprint density at radius 1 is 1.42 bits per heavy atom. The molecule has 102 valence electrons. The molecule has 0 aliphatic rings. The number of hydrogen-bond acceptors (Lipinski definition) is 4. The first-order valence-electron chi connectivity index (χ1n) is 5.82. The lowest BCUT2D eigenvalue weighted by Crippen LogP contribution is -2.14. The zero-order chi connectivity index (χ0) is 14.0. The van der Waals surface area contributed by atoms with Crippen molar-refractivity contribution in [1.29, 1.82) is 0 Å². The van der Waals surface area contributed by atoms with Crippen LogP contribution in [0.3, 0.4) is 0 Å². The molecule has 6 nitrogen and oxygen atoms in total. The van der Waals surface area contributed by atoms with Crippen molar-refractivity contribution in [3.63, 3.8) is 0 Å². The van der Waals surface area contributed by atoms with Crippen LogP contribution in [0.15, 0.2) is 24.5 Å². The second kappa shape index (κ2) is 5.00. The van der Waals surface area contributed by atoms with Gasteiger partial charge in [0, 0.05) is 12.3 Å². The smallest absolute Gasteiger partial charge is 0.337 e. The Balaban J connectivity index is 2.36. The summed E-state index contributed by atoms with van der Waals surface area (Å²) in [6.45, 7) is 1.87. The molecular formula is C12H14N2O4S. The minimum atomic E-state index is -3.06. The molecule has 0 amide bonds. The van der Waals surface area contributed by atoms with E-state index in [1.54, 1.807) is 23.6 Å².